The van der Waals surface area contributed by atoms with Crippen LogP contribution < -0.4 is 11.1 Å². The molecule has 0 unspecified atom stereocenters. The second-order valence-electron chi connectivity index (χ2n) is 4.50. The number of nitrogens with two attached hydrogens (primary N) is 1. The summed E-state index contributed by atoms with van der Waals surface area (Å²) in [6, 6.07) is 10.1. The van der Waals surface area contributed by atoms with Crippen molar-refractivity contribution in [3.8, 4) is 0 Å². The Balaban J connectivity index is 2.40. The number of hydrogen-bond acceptors (Lipinski definition) is 2. The van der Waals surface area contributed by atoms with Crippen LogP contribution in [0.3, 0.4) is 0 Å². The molecule has 1 aromatic rings. The molecule has 0 spiro atoms. The quantitative estimate of drug-likeness (QED) is 0.623. The van der Waals surface area contributed by atoms with Gasteiger partial charge in [0, 0.05) is 11.3 Å². The fourth-order valence-electron chi connectivity index (χ4n) is 1.19. The fraction of sp³-hybridized carbons (Fsp3) is 0.462. The van der Waals surface area contributed by atoms with Gasteiger partial charge in [0.2, 0.25) is 0 Å². The van der Waals surface area contributed by atoms with E-state index >= 15 is 0 Å². The zero-order valence-corrected chi connectivity index (χ0v) is 11.6. The molecule has 0 saturated carbocycles. The molecule has 0 saturated heterocycles. The maximum absolute atomic E-state index is 5.81. The first-order valence-corrected chi connectivity index (χ1v) is 6.89. The van der Waals surface area contributed by atoms with Crippen LogP contribution in [-0.4, -0.2) is 23.5 Å². The van der Waals surface area contributed by atoms with Crippen LogP contribution >= 0.6 is 11.8 Å². The Labute approximate surface area is 108 Å². The number of benzene rings is 1. The van der Waals surface area contributed by atoms with Crippen molar-refractivity contribution in [2.24, 2.45) is 10.7 Å². The number of rotatable bonds is 5. The Morgan fingerprint density at radius 1 is 1.35 bits per heavy atom. The highest BCUT2D eigenvalue weighted by atomic mass is 32.2. The average Bonchev–Trinajstić information content (AvgIpc) is 2.35. The van der Waals surface area contributed by atoms with E-state index in [2.05, 4.69) is 30.4 Å². The van der Waals surface area contributed by atoms with Gasteiger partial charge < -0.3 is 11.1 Å². The third-order valence-electron chi connectivity index (χ3n) is 2.52. The molecule has 0 radical (unpaired) electrons. The van der Waals surface area contributed by atoms with Crippen LogP contribution in [0.5, 0.6) is 0 Å². The van der Waals surface area contributed by atoms with Crippen LogP contribution in [0.4, 0.5) is 0 Å². The summed E-state index contributed by atoms with van der Waals surface area (Å²) in [5.74, 6) is 0.510. The van der Waals surface area contributed by atoms with Crippen LogP contribution in [0, 0.1) is 0 Å². The zero-order valence-electron chi connectivity index (χ0n) is 10.7. The molecule has 0 aliphatic heterocycles. The van der Waals surface area contributed by atoms with Crippen molar-refractivity contribution in [3.63, 3.8) is 0 Å². The number of hydrogen-bond donors (Lipinski definition) is 2. The van der Waals surface area contributed by atoms with E-state index in [1.165, 1.54) is 5.56 Å². The molecule has 94 valence electrons. The monoisotopic (exact) mass is 251 g/mol. The molecule has 1 aromatic carbocycles. The van der Waals surface area contributed by atoms with Gasteiger partial charge in [0.1, 0.15) is 0 Å². The first kappa shape index (κ1) is 13.9. The lowest BCUT2D eigenvalue weighted by atomic mass is 10.2. The molecule has 0 heterocycles. The topological polar surface area (TPSA) is 50.4 Å². The lowest BCUT2D eigenvalue weighted by molar-refractivity contribution is 0.675. The summed E-state index contributed by atoms with van der Waals surface area (Å²) in [6.45, 7) is 5.79. The first-order valence-electron chi connectivity index (χ1n) is 5.66. The predicted octanol–water partition coefficient (Wildman–Crippen LogP) is 2.23. The molecule has 0 amide bonds. The first-order chi connectivity index (χ1) is 8.03. The summed E-state index contributed by atoms with van der Waals surface area (Å²) >= 11 is 1.81. The number of guanidine groups is 1. The number of nitrogens with zero attached hydrogens (tertiary/aromatic N) is 1. The number of nitrogens with one attached hydrogen (secondary N) is 1. The Hall–Kier alpha value is -1.16. The van der Waals surface area contributed by atoms with E-state index in [1.807, 2.05) is 42.1 Å². The Kier molecular flexibility index (Phi) is 5.35. The predicted molar refractivity (Wildman–Crippen MR) is 77.4 cm³/mol. The van der Waals surface area contributed by atoms with E-state index in [1.54, 1.807) is 0 Å². The van der Waals surface area contributed by atoms with Crippen LogP contribution in [0.15, 0.2) is 35.3 Å². The van der Waals surface area contributed by atoms with E-state index in [-0.39, 0.29) is 4.75 Å². The van der Waals surface area contributed by atoms with Crippen molar-refractivity contribution in [3.05, 3.63) is 35.9 Å². The summed E-state index contributed by atoms with van der Waals surface area (Å²) < 4.78 is 0.173. The highest BCUT2D eigenvalue weighted by Gasteiger charge is 2.15. The van der Waals surface area contributed by atoms with Crippen LogP contribution in [0.25, 0.3) is 0 Å². The molecule has 4 heteroatoms. The van der Waals surface area contributed by atoms with E-state index in [4.69, 9.17) is 5.73 Å². The third kappa shape index (κ3) is 5.63. The molecule has 0 bridgehead atoms. The molecule has 1 rings (SSSR count). The highest BCUT2D eigenvalue weighted by Crippen LogP contribution is 2.19. The lowest BCUT2D eigenvalue weighted by Gasteiger charge is -2.22. The number of thioether (sulfide) groups is 1. The van der Waals surface area contributed by atoms with Gasteiger partial charge in [-0.25, -0.2) is 4.99 Å². The minimum atomic E-state index is 0.173. The van der Waals surface area contributed by atoms with E-state index in [0.717, 1.165) is 6.54 Å². The van der Waals surface area contributed by atoms with Crippen molar-refractivity contribution < 1.29 is 0 Å². The average molecular weight is 251 g/mol. The summed E-state index contributed by atoms with van der Waals surface area (Å²) in [4.78, 5) is 4.31. The summed E-state index contributed by atoms with van der Waals surface area (Å²) in [6.07, 6.45) is 2.10. The highest BCUT2D eigenvalue weighted by molar-refractivity contribution is 7.99. The molecule has 0 fully saturated rings. The van der Waals surface area contributed by atoms with Crippen molar-refractivity contribution >= 4 is 17.7 Å². The normalized spacial score (nSPS) is 12.5. The molecule has 0 aliphatic rings. The van der Waals surface area contributed by atoms with Crippen LogP contribution in [0.1, 0.15) is 19.4 Å². The van der Waals surface area contributed by atoms with Gasteiger partial charge in [-0.3, -0.25) is 0 Å². The smallest absolute Gasteiger partial charge is 0.188 e. The second kappa shape index (κ2) is 6.55. The standard InChI is InChI=1S/C13H21N3S/c1-13(2,17-3)10-16-12(14)15-9-11-7-5-4-6-8-11/h4-8H,9-10H2,1-3H3,(H3,14,15,16). The van der Waals surface area contributed by atoms with Gasteiger partial charge in [0.05, 0.1) is 6.54 Å². The minimum absolute atomic E-state index is 0.173. The van der Waals surface area contributed by atoms with Crippen molar-refractivity contribution in [2.45, 2.75) is 25.1 Å². The summed E-state index contributed by atoms with van der Waals surface area (Å²) in [5.41, 5.74) is 6.98. The zero-order chi connectivity index (χ0) is 12.7. The molecular formula is C13H21N3S. The summed E-state index contributed by atoms with van der Waals surface area (Å²) in [7, 11) is 0. The van der Waals surface area contributed by atoms with Crippen molar-refractivity contribution in [1.82, 2.24) is 5.32 Å². The van der Waals surface area contributed by atoms with Gasteiger partial charge in [0.15, 0.2) is 5.96 Å². The van der Waals surface area contributed by atoms with Crippen molar-refractivity contribution in [1.29, 1.82) is 0 Å². The van der Waals surface area contributed by atoms with Crippen LogP contribution in [-0.2, 0) is 6.54 Å². The van der Waals surface area contributed by atoms with Gasteiger partial charge in [-0.2, -0.15) is 11.8 Å². The second-order valence-corrected chi connectivity index (χ2v) is 6.02. The Bertz CT molecular complexity index is 360. The number of aliphatic imine (C=N–C) groups is 1. The summed E-state index contributed by atoms with van der Waals surface area (Å²) in [5, 5.41) is 3.15. The minimum Gasteiger partial charge on any atom is -0.370 e. The van der Waals surface area contributed by atoms with Gasteiger partial charge >= 0.3 is 0 Å². The van der Waals surface area contributed by atoms with Crippen LogP contribution in [0.2, 0.25) is 0 Å². The van der Waals surface area contributed by atoms with Gasteiger partial charge in [0.25, 0.3) is 0 Å². The molecule has 0 aliphatic carbocycles. The van der Waals surface area contributed by atoms with Crippen molar-refractivity contribution in [2.75, 3.05) is 12.8 Å². The van der Waals surface area contributed by atoms with Gasteiger partial charge in [-0.15, -0.1) is 0 Å². The van der Waals surface area contributed by atoms with E-state index in [9.17, 15) is 0 Å². The van der Waals surface area contributed by atoms with E-state index < -0.39 is 0 Å². The molecule has 3 N–H and O–H groups in total. The molecular weight excluding hydrogens is 230 g/mol. The SMILES string of the molecule is CSC(C)(C)CNC(N)=NCc1ccccc1. The largest absolute Gasteiger partial charge is 0.370 e. The Morgan fingerprint density at radius 2 is 2.00 bits per heavy atom. The maximum atomic E-state index is 5.81. The molecule has 17 heavy (non-hydrogen) atoms. The van der Waals surface area contributed by atoms with Gasteiger partial charge in [-0.05, 0) is 25.7 Å². The maximum Gasteiger partial charge on any atom is 0.188 e. The fourth-order valence-corrected chi connectivity index (χ4v) is 1.41. The molecule has 3 nitrogen and oxygen atoms in total. The Morgan fingerprint density at radius 3 is 2.59 bits per heavy atom. The molecule has 0 atom stereocenters. The molecule has 0 aromatic heterocycles. The lowest BCUT2D eigenvalue weighted by Crippen LogP contribution is -2.40. The van der Waals surface area contributed by atoms with E-state index in [0.29, 0.717) is 12.5 Å². The third-order valence-corrected chi connectivity index (χ3v) is 3.77. The van der Waals surface area contributed by atoms with Gasteiger partial charge in [-0.1, -0.05) is 30.3 Å².